The molecule has 0 amide bonds. The topological polar surface area (TPSA) is 0 Å². The Hall–Kier alpha value is 0.192. The number of hydrogen-bond donors (Lipinski definition) is 0. The van der Waals surface area contributed by atoms with Crippen LogP contribution in [-0.2, 0) is 109 Å². The average Bonchev–Trinajstić information content (AvgIpc) is 3.39. The van der Waals surface area contributed by atoms with E-state index < -0.39 is 0 Å². The summed E-state index contributed by atoms with van der Waals surface area (Å²) in [5.41, 5.74) is 16.2. The Morgan fingerprint density at radius 2 is 0.485 bits per heavy atom. The van der Waals surface area contributed by atoms with Gasteiger partial charge in [-0.25, -0.2) is 0 Å². The van der Waals surface area contributed by atoms with E-state index in [9.17, 15) is 0 Å². The zero-order valence-corrected chi connectivity index (χ0v) is 51.7. The quantitative estimate of drug-likeness (QED) is 0.104. The maximum absolute atomic E-state index is 4.22. The summed E-state index contributed by atoms with van der Waals surface area (Å²) in [6.07, 6.45) is 40.7. The fraction of sp³-hybridized carbons (Fsp3) is 0.631. The fourth-order valence-corrected chi connectivity index (χ4v) is 14.5. The van der Waals surface area contributed by atoms with Crippen molar-refractivity contribution in [2.45, 2.75) is 260 Å². The zero-order chi connectivity index (χ0) is 44.2. The van der Waals surface area contributed by atoms with Gasteiger partial charge in [-0.15, -0.1) is 16.7 Å². The van der Waals surface area contributed by atoms with E-state index in [-0.39, 0.29) is 109 Å². The van der Waals surface area contributed by atoms with Gasteiger partial charge in [-0.1, -0.05) is 161 Å². The van der Waals surface area contributed by atoms with Gasteiger partial charge in [-0.05, 0) is 135 Å². The van der Waals surface area contributed by atoms with Crippen LogP contribution in [0.5, 0.6) is 0 Å². The van der Waals surface area contributed by atoms with Crippen molar-refractivity contribution in [2.24, 2.45) is 0 Å². The Balaban J connectivity index is 0.00000228. The molecule has 0 saturated heterocycles. The Labute approximate surface area is 492 Å². The van der Waals surface area contributed by atoms with Crippen LogP contribution in [0.2, 0.25) is 0 Å². The van der Waals surface area contributed by atoms with Crippen LogP contribution in [0.1, 0.15) is 310 Å². The first-order chi connectivity index (χ1) is 31.8. The van der Waals surface area contributed by atoms with E-state index in [1.54, 1.807) is 0 Å². The van der Waals surface area contributed by atoms with Crippen molar-refractivity contribution in [3.63, 3.8) is 0 Å². The second-order valence-electron chi connectivity index (χ2n) is 23.7. The summed E-state index contributed by atoms with van der Waals surface area (Å²) in [5.74, 6) is 3.89. The average molecular weight is 1130 g/mol. The minimum absolute atomic E-state index is 0. The molecule has 6 aliphatic rings. The van der Waals surface area contributed by atoms with Gasteiger partial charge in [0.25, 0.3) is 0 Å². The predicted octanol–water partition coefficient (Wildman–Crippen LogP) is 19.0. The van der Waals surface area contributed by atoms with Gasteiger partial charge < -0.3 is 0 Å². The molecule has 6 saturated carbocycles. The van der Waals surface area contributed by atoms with Gasteiger partial charge in [0.2, 0.25) is 0 Å². The van der Waals surface area contributed by atoms with E-state index in [0.29, 0.717) is 35.5 Å². The first kappa shape index (κ1) is 55.9. The predicted molar refractivity (Wildman–Crippen MR) is 275 cm³/mol. The number of rotatable bonds is 11. The van der Waals surface area contributed by atoms with E-state index in [1.165, 1.54) is 254 Å². The summed E-state index contributed by atoms with van der Waals surface area (Å²) in [4.78, 5) is 0. The van der Waals surface area contributed by atoms with Crippen molar-refractivity contribution < 1.29 is 98.1 Å². The summed E-state index contributed by atoms with van der Waals surface area (Å²) >= 11 is 0. The first-order valence-electron chi connectivity index (χ1n) is 28.2. The molecule has 0 atom stereocenters. The third-order valence-corrected chi connectivity index (χ3v) is 19.1. The molecule has 6 fully saturated rings. The summed E-state index contributed by atoms with van der Waals surface area (Å²) in [5, 5.41) is 0. The molecule has 357 valence electrons. The molecule has 0 bridgehead atoms. The molecule has 10 rings (SSSR count). The third kappa shape index (κ3) is 12.8. The molecular formula is C65H85Y3-3. The monoisotopic (exact) mass is 1130 g/mol. The van der Waals surface area contributed by atoms with Gasteiger partial charge in [-0.2, -0.15) is 88.0 Å². The van der Waals surface area contributed by atoms with Gasteiger partial charge in [0.15, 0.2) is 0 Å². The Kier molecular flexibility index (Phi) is 21.5. The Morgan fingerprint density at radius 1 is 0.279 bits per heavy atom. The molecule has 3 radical (unpaired) electrons. The van der Waals surface area contributed by atoms with Crippen LogP contribution >= 0.6 is 0 Å². The molecule has 0 N–H and O–H groups in total. The zero-order valence-electron chi connectivity index (χ0n) is 43.2. The van der Waals surface area contributed by atoms with Crippen molar-refractivity contribution in [3.05, 3.63) is 140 Å². The normalized spacial score (nSPS) is 21.3. The molecule has 4 aromatic carbocycles. The van der Waals surface area contributed by atoms with E-state index in [0.717, 1.165) is 0 Å². The van der Waals surface area contributed by atoms with Crippen LogP contribution < -0.4 is 0 Å². The molecule has 3 heteroatoms. The summed E-state index contributed by atoms with van der Waals surface area (Å²) in [6.45, 7) is 7.68. The van der Waals surface area contributed by atoms with Crippen molar-refractivity contribution in [1.29, 1.82) is 0 Å². The van der Waals surface area contributed by atoms with Gasteiger partial charge in [0, 0.05) is 98.1 Å². The minimum Gasteiger partial charge on any atom is -0.176 e. The van der Waals surface area contributed by atoms with Crippen LogP contribution in [0.15, 0.2) is 60.7 Å². The van der Waals surface area contributed by atoms with Crippen molar-refractivity contribution in [3.8, 4) is 0 Å². The molecule has 6 aliphatic carbocycles. The van der Waals surface area contributed by atoms with Crippen molar-refractivity contribution in [1.82, 2.24) is 0 Å². The van der Waals surface area contributed by atoms with Crippen LogP contribution in [0.4, 0.5) is 0 Å². The van der Waals surface area contributed by atoms with Crippen LogP contribution in [0, 0.1) is 18.2 Å². The summed E-state index contributed by atoms with van der Waals surface area (Å²) in [6, 6.07) is 38.8. The molecule has 68 heavy (non-hydrogen) atoms. The maximum Gasteiger partial charge on any atom is 0 e. The van der Waals surface area contributed by atoms with Gasteiger partial charge in [0.1, 0.15) is 0 Å². The van der Waals surface area contributed by atoms with Crippen molar-refractivity contribution in [2.75, 3.05) is 0 Å². The second-order valence-corrected chi connectivity index (χ2v) is 23.7. The van der Waals surface area contributed by atoms with Gasteiger partial charge in [0.05, 0.1) is 0 Å². The number of benzene rings is 4. The molecule has 0 aromatic heterocycles. The molecule has 0 nitrogen and oxygen atoms in total. The standard InChI is InChI=1S/C65H85.3Y/c1-64(2,61-41-53(47-22-10-4-11-23-47)38-54(42-61)48-24-12-5-13-25-48)59-34-36-60(37-35-59)65(3,62-43-55(49-26-14-6-15-27-49)39-56(44-62)50-28-16-7-17-29-50)63-45-57(51-30-18-8-19-31-51)40-58(46-63)52-32-20-9-21-33-52;;;/h34-37,41-52H,4-33H2,1-3H3;;;/q-3;;;. The largest absolute Gasteiger partial charge is 0.176 e. The SMILES string of the molecule is CC(C)(c1ccc(C(C)(c2cc(C3CCCCC3)[c-]c(C3CCCCC3)c2)c2cc(C3CCCCC3)[c-]c(C3CCCCC3)c2)cc1)c1cc(C2CCCCC2)[c-]c(C2CCCCC2)c1.[Y].[Y].[Y]. The Bertz CT molecular complexity index is 1970. The van der Waals surface area contributed by atoms with Gasteiger partial charge >= 0.3 is 0 Å². The molecule has 0 aliphatic heterocycles. The van der Waals surface area contributed by atoms with Crippen LogP contribution in [0.3, 0.4) is 0 Å². The van der Waals surface area contributed by atoms with E-state index >= 15 is 0 Å². The first-order valence-corrected chi connectivity index (χ1v) is 28.2. The van der Waals surface area contributed by atoms with Crippen LogP contribution in [0.25, 0.3) is 0 Å². The Morgan fingerprint density at radius 3 is 0.721 bits per heavy atom. The van der Waals surface area contributed by atoms with E-state index in [2.05, 4.69) is 99.6 Å². The summed E-state index contributed by atoms with van der Waals surface area (Å²) in [7, 11) is 0. The number of hydrogen-bond acceptors (Lipinski definition) is 0. The molecule has 4 aromatic rings. The second kappa shape index (κ2) is 26.1. The van der Waals surface area contributed by atoms with Crippen LogP contribution in [-0.4, -0.2) is 0 Å². The van der Waals surface area contributed by atoms with Gasteiger partial charge in [-0.3, -0.25) is 0 Å². The molecule has 0 spiro atoms. The van der Waals surface area contributed by atoms with Crippen molar-refractivity contribution >= 4 is 0 Å². The maximum atomic E-state index is 4.22. The smallest absolute Gasteiger partial charge is 0 e. The van der Waals surface area contributed by atoms with E-state index in [4.69, 9.17) is 0 Å². The molecular weight excluding hydrogens is 1050 g/mol. The minimum atomic E-state index is -0.295. The molecule has 0 unspecified atom stereocenters. The third-order valence-electron chi connectivity index (χ3n) is 19.1. The fourth-order valence-electron chi connectivity index (χ4n) is 14.5. The summed E-state index contributed by atoms with van der Waals surface area (Å²) < 4.78 is 0. The van der Waals surface area contributed by atoms with E-state index in [1.807, 2.05) is 0 Å². The molecule has 0 heterocycles.